The third-order valence-corrected chi connectivity index (χ3v) is 5.45. The molecule has 3 aromatic heterocycles. The van der Waals surface area contributed by atoms with Crippen molar-refractivity contribution < 1.29 is 13.2 Å². The van der Waals surface area contributed by atoms with Crippen LogP contribution in [0.4, 0.5) is 13.2 Å². The zero-order valence-electron chi connectivity index (χ0n) is 15.8. The molecule has 0 N–H and O–H groups in total. The van der Waals surface area contributed by atoms with Crippen LogP contribution in [0.25, 0.3) is 34.4 Å². The summed E-state index contributed by atoms with van der Waals surface area (Å²) < 4.78 is 45.2. The van der Waals surface area contributed by atoms with Crippen molar-refractivity contribution in [3.05, 3.63) is 41.2 Å². The molecule has 1 aromatic carbocycles. The molecule has 0 radical (unpaired) electrons. The van der Waals surface area contributed by atoms with Crippen LogP contribution < -0.4 is 0 Å². The first kappa shape index (κ1) is 18.8. The highest BCUT2D eigenvalue weighted by Gasteiger charge is 2.36. The largest absolute Gasteiger partial charge is 0.417 e. The second-order valence-corrected chi connectivity index (χ2v) is 7.47. The first-order valence-electron chi connectivity index (χ1n) is 8.99. The average molecular weight is 435 g/mol. The van der Waals surface area contributed by atoms with Crippen LogP contribution in [-0.2, 0) is 19.8 Å². The monoisotopic (exact) mass is 434 g/mol. The van der Waals surface area contributed by atoms with Gasteiger partial charge in [-0.1, -0.05) is 17.7 Å². The van der Waals surface area contributed by atoms with Crippen molar-refractivity contribution >= 4 is 11.6 Å². The normalized spacial score (nSPS) is 15.9. The van der Waals surface area contributed by atoms with Crippen molar-refractivity contribution in [3.8, 4) is 34.4 Å². The summed E-state index contributed by atoms with van der Waals surface area (Å²) in [5.41, 5.74) is 0.0552. The van der Waals surface area contributed by atoms with Gasteiger partial charge < -0.3 is 4.57 Å². The van der Waals surface area contributed by atoms with E-state index in [1.165, 1.54) is 12.1 Å². The van der Waals surface area contributed by atoms with Crippen LogP contribution in [0.2, 0.25) is 5.02 Å². The fourth-order valence-electron chi connectivity index (χ4n) is 3.71. The van der Waals surface area contributed by atoms with Gasteiger partial charge in [0.2, 0.25) is 11.6 Å². The maximum absolute atomic E-state index is 13.3. The lowest BCUT2D eigenvalue weighted by atomic mass is 10.1. The number of halogens is 4. The summed E-state index contributed by atoms with van der Waals surface area (Å²) in [5, 5.41) is 20.6. The van der Waals surface area contributed by atoms with Gasteiger partial charge in [-0.2, -0.15) is 18.3 Å². The Hall–Kier alpha value is -3.21. The Bertz CT molecular complexity index is 1270. The minimum absolute atomic E-state index is 0.164. The van der Waals surface area contributed by atoms with Gasteiger partial charge in [-0.15, -0.1) is 20.4 Å². The first-order valence-corrected chi connectivity index (χ1v) is 9.37. The summed E-state index contributed by atoms with van der Waals surface area (Å²) in [6.45, 7) is 2.41. The van der Waals surface area contributed by atoms with Crippen molar-refractivity contribution in [2.45, 2.75) is 25.7 Å². The lowest BCUT2D eigenvalue weighted by Crippen LogP contribution is -2.22. The SMILES string of the molecule is C[C@H]1Cn2c(-c3cnn(C)c3)nnc2-c2nnc(-c3cccc(C(F)(F)F)c3Cl)n21. The number of nitrogens with zero attached hydrogens (tertiary/aromatic N) is 8. The van der Waals surface area contributed by atoms with E-state index in [0.29, 0.717) is 24.0 Å². The number of fused-ring (bicyclic) bond motifs is 3. The zero-order valence-corrected chi connectivity index (χ0v) is 16.5. The standard InChI is InChI=1S/C18H14ClF3N8/c1-9-7-29-14(10-6-23-28(2)8-10)24-26-16(29)17-27-25-15(30(9)17)11-4-3-5-12(13(11)19)18(20,21)22/h3-6,8-9H,7H2,1-2H3/t9-/m0/s1. The van der Waals surface area contributed by atoms with Crippen LogP contribution >= 0.6 is 11.6 Å². The molecule has 0 amide bonds. The fourth-order valence-corrected chi connectivity index (χ4v) is 4.02. The van der Waals surface area contributed by atoms with Crippen LogP contribution in [0, 0.1) is 0 Å². The van der Waals surface area contributed by atoms with E-state index in [9.17, 15) is 13.2 Å². The van der Waals surface area contributed by atoms with E-state index in [2.05, 4.69) is 25.5 Å². The van der Waals surface area contributed by atoms with Gasteiger partial charge in [-0.25, -0.2) is 0 Å². The van der Waals surface area contributed by atoms with Gasteiger partial charge in [-0.3, -0.25) is 9.25 Å². The first-order chi connectivity index (χ1) is 14.3. The minimum atomic E-state index is -4.57. The Morgan fingerprint density at radius 1 is 1.03 bits per heavy atom. The summed E-state index contributed by atoms with van der Waals surface area (Å²) in [6, 6.07) is 3.58. The molecule has 12 heteroatoms. The van der Waals surface area contributed by atoms with E-state index in [4.69, 9.17) is 11.6 Å². The molecule has 0 fully saturated rings. The second kappa shape index (κ2) is 6.39. The highest BCUT2D eigenvalue weighted by molar-refractivity contribution is 6.34. The van der Waals surface area contributed by atoms with E-state index < -0.39 is 16.8 Å². The molecule has 5 rings (SSSR count). The van der Waals surface area contributed by atoms with Gasteiger partial charge in [0.05, 0.1) is 28.4 Å². The highest BCUT2D eigenvalue weighted by atomic mass is 35.5. The average Bonchev–Trinajstić information content (AvgIpc) is 3.38. The third kappa shape index (κ3) is 2.72. The Labute approximate surface area is 172 Å². The summed E-state index contributed by atoms with van der Waals surface area (Å²) in [6.07, 6.45) is -1.05. The molecule has 1 aliphatic rings. The number of aryl methyl sites for hydroxylation is 1. The van der Waals surface area contributed by atoms with Crippen molar-refractivity contribution in [1.29, 1.82) is 0 Å². The lowest BCUT2D eigenvalue weighted by Gasteiger charge is -2.25. The van der Waals surface area contributed by atoms with Gasteiger partial charge in [0.25, 0.3) is 0 Å². The second-order valence-electron chi connectivity index (χ2n) is 7.09. The van der Waals surface area contributed by atoms with Crippen LogP contribution in [-0.4, -0.2) is 39.3 Å². The van der Waals surface area contributed by atoms with E-state index in [0.717, 1.165) is 11.6 Å². The van der Waals surface area contributed by atoms with Crippen molar-refractivity contribution in [2.24, 2.45) is 7.05 Å². The molecule has 4 heterocycles. The molecule has 1 aliphatic heterocycles. The Kier molecular flexibility index (Phi) is 4.01. The number of rotatable bonds is 2. The van der Waals surface area contributed by atoms with E-state index in [1.807, 2.05) is 17.7 Å². The van der Waals surface area contributed by atoms with Crippen LogP contribution in [0.5, 0.6) is 0 Å². The maximum atomic E-state index is 13.3. The van der Waals surface area contributed by atoms with E-state index in [-0.39, 0.29) is 17.4 Å². The predicted molar refractivity (Wildman–Crippen MR) is 101 cm³/mol. The van der Waals surface area contributed by atoms with Crippen LogP contribution in [0.15, 0.2) is 30.6 Å². The predicted octanol–water partition coefficient (Wildman–Crippen LogP) is 3.85. The summed E-state index contributed by atoms with van der Waals surface area (Å²) in [4.78, 5) is 0. The summed E-state index contributed by atoms with van der Waals surface area (Å²) in [5.74, 6) is 1.79. The molecule has 0 spiro atoms. The third-order valence-electron chi connectivity index (χ3n) is 5.04. The van der Waals surface area contributed by atoms with Gasteiger partial charge >= 0.3 is 6.18 Å². The van der Waals surface area contributed by atoms with Gasteiger partial charge in [0, 0.05) is 25.4 Å². The molecule has 30 heavy (non-hydrogen) atoms. The van der Waals surface area contributed by atoms with Gasteiger partial charge in [0.1, 0.15) is 0 Å². The molecule has 154 valence electrons. The summed E-state index contributed by atoms with van der Waals surface area (Å²) in [7, 11) is 1.81. The van der Waals surface area contributed by atoms with Crippen LogP contribution in [0.3, 0.4) is 0 Å². The lowest BCUT2D eigenvalue weighted by molar-refractivity contribution is -0.137. The molecular weight excluding hydrogens is 421 g/mol. The Morgan fingerprint density at radius 3 is 2.43 bits per heavy atom. The molecule has 0 saturated carbocycles. The summed E-state index contributed by atoms with van der Waals surface area (Å²) >= 11 is 6.12. The number of hydrogen-bond donors (Lipinski definition) is 0. The highest BCUT2D eigenvalue weighted by Crippen LogP contribution is 2.41. The zero-order chi connectivity index (χ0) is 21.2. The molecule has 4 aromatic rings. The molecule has 0 aliphatic carbocycles. The fraction of sp³-hybridized carbons (Fsp3) is 0.278. The van der Waals surface area contributed by atoms with E-state index in [1.54, 1.807) is 22.5 Å². The van der Waals surface area contributed by atoms with Crippen molar-refractivity contribution in [1.82, 2.24) is 39.3 Å². The number of aromatic nitrogens is 8. The maximum Gasteiger partial charge on any atom is 0.417 e. The van der Waals surface area contributed by atoms with Crippen molar-refractivity contribution in [3.63, 3.8) is 0 Å². The van der Waals surface area contributed by atoms with Gasteiger partial charge in [0.15, 0.2) is 11.6 Å². The smallest absolute Gasteiger partial charge is 0.302 e. The minimum Gasteiger partial charge on any atom is -0.302 e. The van der Waals surface area contributed by atoms with Crippen LogP contribution in [0.1, 0.15) is 18.5 Å². The number of benzene rings is 1. The Balaban J connectivity index is 1.66. The topological polar surface area (TPSA) is 79.2 Å². The quantitative estimate of drug-likeness (QED) is 0.479. The molecule has 0 bridgehead atoms. The number of hydrogen-bond acceptors (Lipinski definition) is 5. The Morgan fingerprint density at radius 2 is 1.73 bits per heavy atom. The van der Waals surface area contributed by atoms with Gasteiger partial charge in [-0.05, 0) is 19.1 Å². The van der Waals surface area contributed by atoms with Crippen molar-refractivity contribution in [2.75, 3.05) is 0 Å². The molecular formula is C18H14ClF3N8. The number of alkyl halides is 3. The molecule has 0 saturated heterocycles. The molecule has 8 nitrogen and oxygen atoms in total. The molecule has 1 atom stereocenters. The molecule has 0 unspecified atom stereocenters. The van der Waals surface area contributed by atoms with E-state index >= 15 is 0 Å².